The van der Waals surface area contributed by atoms with Crippen molar-refractivity contribution in [1.29, 1.82) is 0 Å². The van der Waals surface area contributed by atoms with Gasteiger partial charge in [-0.25, -0.2) is 0 Å². The molecule has 0 radical (unpaired) electrons. The van der Waals surface area contributed by atoms with Crippen molar-refractivity contribution in [1.82, 2.24) is 4.57 Å². The SMILES string of the molecule is Cc1cc(-c2cccc(-n3c4ccccc4c4ccccc43)c2)ccc1N(c1ccc(-c2ccc3ccccc3c2)cc1)c1ccc(-c2cc3ccccc3c3ccccc23)cc1. The third-order valence-corrected chi connectivity index (χ3v) is 12.9. The van der Waals surface area contributed by atoms with Crippen molar-refractivity contribution in [2.45, 2.75) is 6.92 Å². The molecule has 2 heteroatoms. The molecule has 0 aliphatic carbocycles. The van der Waals surface area contributed by atoms with Crippen molar-refractivity contribution in [3.8, 4) is 39.1 Å². The van der Waals surface area contributed by atoms with Gasteiger partial charge in [0.2, 0.25) is 0 Å². The Hall–Kier alpha value is -8.20. The van der Waals surface area contributed by atoms with E-state index in [9.17, 15) is 0 Å². The number of nitrogens with zero attached hydrogens (tertiary/aromatic N) is 2. The lowest BCUT2D eigenvalue weighted by atomic mass is 9.93. The first-order valence-corrected chi connectivity index (χ1v) is 21.7. The van der Waals surface area contributed by atoms with E-state index in [2.05, 4.69) is 253 Å². The zero-order valence-electron chi connectivity index (χ0n) is 34.9. The van der Waals surface area contributed by atoms with E-state index in [0.717, 1.165) is 22.7 Å². The van der Waals surface area contributed by atoms with Crippen molar-refractivity contribution >= 4 is 71.2 Å². The van der Waals surface area contributed by atoms with E-state index in [0.29, 0.717) is 0 Å². The van der Waals surface area contributed by atoms with Gasteiger partial charge in [0.05, 0.1) is 11.0 Å². The second-order valence-electron chi connectivity index (χ2n) is 16.6. The summed E-state index contributed by atoms with van der Waals surface area (Å²) in [5, 5.41) is 10.1. The molecular formula is C61H42N2. The number of hydrogen-bond acceptors (Lipinski definition) is 1. The van der Waals surface area contributed by atoms with Gasteiger partial charge in [-0.15, -0.1) is 0 Å². The predicted molar refractivity (Wildman–Crippen MR) is 269 cm³/mol. The number of anilines is 3. The van der Waals surface area contributed by atoms with Crippen LogP contribution in [0.1, 0.15) is 5.56 Å². The Labute approximate surface area is 367 Å². The quantitative estimate of drug-likeness (QED) is 0.146. The summed E-state index contributed by atoms with van der Waals surface area (Å²) in [6.45, 7) is 2.24. The van der Waals surface area contributed by atoms with Crippen LogP contribution in [0.5, 0.6) is 0 Å². The van der Waals surface area contributed by atoms with E-state index in [1.54, 1.807) is 0 Å². The molecule has 0 saturated heterocycles. The number of aromatic nitrogens is 1. The Kier molecular flexibility index (Phi) is 8.76. The van der Waals surface area contributed by atoms with E-state index < -0.39 is 0 Å². The lowest BCUT2D eigenvalue weighted by molar-refractivity contribution is 1.18. The zero-order valence-corrected chi connectivity index (χ0v) is 34.9. The van der Waals surface area contributed by atoms with Crippen LogP contribution < -0.4 is 4.90 Å². The van der Waals surface area contributed by atoms with Crippen molar-refractivity contribution in [2.75, 3.05) is 4.90 Å². The smallest absolute Gasteiger partial charge is 0.0541 e. The van der Waals surface area contributed by atoms with Crippen LogP contribution in [0, 0.1) is 6.92 Å². The summed E-state index contributed by atoms with van der Waals surface area (Å²) in [7, 11) is 0. The molecule has 296 valence electrons. The van der Waals surface area contributed by atoms with Gasteiger partial charge in [0.25, 0.3) is 0 Å². The average Bonchev–Trinajstić information content (AvgIpc) is 3.69. The van der Waals surface area contributed by atoms with Gasteiger partial charge in [0.1, 0.15) is 0 Å². The Morgan fingerprint density at radius 3 is 1.54 bits per heavy atom. The molecule has 0 N–H and O–H groups in total. The summed E-state index contributed by atoms with van der Waals surface area (Å²) in [6, 6.07) is 86.5. The molecule has 0 unspecified atom stereocenters. The lowest BCUT2D eigenvalue weighted by Gasteiger charge is -2.28. The summed E-state index contributed by atoms with van der Waals surface area (Å²) in [5.41, 5.74) is 15.3. The standard InChI is InChI=1S/C61H42N2/c1-41-37-47(46-16-12-17-52(39-46)63-60-23-10-8-21-56(60)57-22-9-11-24-61(57)63)31-36-59(41)62(50-32-27-43(28-33-50)48-26-25-42-13-2-3-14-45(42)38-48)51-34-29-44(30-35-51)58-40-49-15-4-5-18-53(49)54-19-6-7-20-55(54)58/h2-40H,1H3. The number of hydrogen-bond donors (Lipinski definition) is 0. The lowest BCUT2D eigenvalue weighted by Crippen LogP contribution is -2.11. The highest BCUT2D eigenvalue weighted by atomic mass is 15.1. The monoisotopic (exact) mass is 802 g/mol. The van der Waals surface area contributed by atoms with Gasteiger partial charge in [-0.05, 0) is 151 Å². The van der Waals surface area contributed by atoms with Gasteiger partial charge < -0.3 is 9.47 Å². The summed E-state index contributed by atoms with van der Waals surface area (Å²) >= 11 is 0. The van der Waals surface area contributed by atoms with E-state index in [1.807, 2.05) is 0 Å². The van der Waals surface area contributed by atoms with E-state index in [4.69, 9.17) is 0 Å². The van der Waals surface area contributed by atoms with Crippen LogP contribution >= 0.6 is 0 Å². The minimum Gasteiger partial charge on any atom is -0.310 e. The average molecular weight is 803 g/mol. The molecule has 63 heavy (non-hydrogen) atoms. The molecule has 0 amide bonds. The number of fused-ring (bicyclic) bond motifs is 7. The fourth-order valence-electron chi connectivity index (χ4n) is 9.79. The highest BCUT2D eigenvalue weighted by Crippen LogP contribution is 2.42. The van der Waals surface area contributed by atoms with Crippen LogP contribution in [-0.2, 0) is 0 Å². The van der Waals surface area contributed by atoms with E-state index in [1.165, 1.54) is 93.1 Å². The van der Waals surface area contributed by atoms with E-state index >= 15 is 0 Å². The summed E-state index contributed by atoms with van der Waals surface area (Å²) in [5.74, 6) is 0. The number of rotatable bonds is 7. The topological polar surface area (TPSA) is 8.17 Å². The van der Waals surface area contributed by atoms with Gasteiger partial charge >= 0.3 is 0 Å². The largest absolute Gasteiger partial charge is 0.310 e. The van der Waals surface area contributed by atoms with Gasteiger partial charge in [-0.2, -0.15) is 0 Å². The minimum atomic E-state index is 1.10. The maximum Gasteiger partial charge on any atom is 0.0541 e. The second kappa shape index (κ2) is 15.1. The van der Waals surface area contributed by atoms with Crippen LogP contribution in [0.25, 0.3) is 93.2 Å². The Morgan fingerprint density at radius 1 is 0.317 bits per heavy atom. The predicted octanol–water partition coefficient (Wildman–Crippen LogP) is 17.0. The van der Waals surface area contributed by atoms with Gasteiger partial charge in [-0.3, -0.25) is 0 Å². The van der Waals surface area contributed by atoms with E-state index in [-0.39, 0.29) is 0 Å². The summed E-state index contributed by atoms with van der Waals surface area (Å²) in [4.78, 5) is 2.40. The molecule has 1 heterocycles. The van der Waals surface area contributed by atoms with Crippen LogP contribution in [-0.4, -0.2) is 4.57 Å². The molecule has 0 spiro atoms. The van der Waals surface area contributed by atoms with Crippen molar-refractivity contribution in [3.63, 3.8) is 0 Å². The van der Waals surface area contributed by atoms with Crippen LogP contribution in [0.2, 0.25) is 0 Å². The molecule has 12 aromatic rings. The normalized spacial score (nSPS) is 11.6. The van der Waals surface area contributed by atoms with Crippen LogP contribution in [0.15, 0.2) is 237 Å². The Bertz CT molecular complexity index is 3630. The minimum absolute atomic E-state index is 1.10. The maximum absolute atomic E-state index is 2.40. The van der Waals surface area contributed by atoms with Gasteiger partial charge in [-0.1, -0.05) is 164 Å². The third-order valence-electron chi connectivity index (χ3n) is 12.9. The van der Waals surface area contributed by atoms with Crippen molar-refractivity contribution in [2.24, 2.45) is 0 Å². The molecule has 1 aromatic heterocycles. The Morgan fingerprint density at radius 2 is 0.841 bits per heavy atom. The highest BCUT2D eigenvalue weighted by molar-refractivity contribution is 6.14. The third kappa shape index (κ3) is 6.35. The molecule has 0 atom stereocenters. The summed E-state index contributed by atoms with van der Waals surface area (Å²) < 4.78 is 2.39. The molecule has 0 bridgehead atoms. The first-order valence-electron chi connectivity index (χ1n) is 21.7. The first kappa shape index (κ1) is 36.6. The zero-order chi connectivity index (χ0) is 41.9. The van der Waals surface area contributed by atoms with Crippen LogP contribution in [0.3, 0.4) is 0 Å². The Balaban J connectivity index is 0.951. The number of benzene rings is 11. The fourth-order valence-corrected chi connectivity index (χ4v) is 9.79. The molecule has 12 rings (SSSR count). The number of para-hydroxylation sites is 2. The summed E-state index contributed by atoms with van der Waals surface area (Å²) in [6.07, 6.45) is 0. The van der Waals surface area contributed by atoms with Crippen molar-refractivity contribution < 1.29 is 0 Å². The fraction of sp³-hybridized carbons (Fsp3) is 0.0164. The molecule has 0 aliphatic rings. The van der Waals surface area contributed by atoms with Gasteiger partial charge in [0.15, 0.2) is 0 Å². The molecular weight excluding hydrogens is 761 g/mol. The second-order valence-corrected chi connectivity index (χ2v) is 16.6. The number of aryl methyl sites for hydroxylation is 1. The van der Waals surface area contributed by atoms with Gasteiger partial charge in [0, 0.05) is 33.5 Å². The molecule has 0 saturated carbocycles. The molecule has 11 aromatic carbocycles. The molecule has 0 aliphatic heterocycles. The maximum atomic E-state index is 2.40. The van der Waals surface area contributed by atoms with Crippen LogP contribution in [0.4, 0.5) is 17.1 Å². The molecule has 0 fully saturated rings. The highest BCUT2D eigenvalue weighted by Gasteiger charge is 2.18. The first-order chi connectivity index (χ1) is 31.1. The molecule has 2 nitrogen and oxygen atoms in total. The van der Waals surface area contributed by atoms with Crippen molar-refractivity contribution in [3.05, 3.63) is 242 Å².